The lowest BCUT2D eigenvalue weighted by Gasteiger charge is -2.09. The molecule has 0 bridgehead atoms. The minimum Gasteiger partial charge on any atom is -0.468 e. The summed E-state index contributed by atoms with van der Waals surface area (Å²) in [5, 5.41) is 13.6. The lowest BCUT2D eigenvalue weighted by molar-refractivity contribution is -0.384. The molecule has 0 atom stereocenters. The summed E-state index contributed by atoms with van der Waals surface area (Å²) in [4.78, 5) is 21.4. The number of ether oxygens (including phenoxy) is 1. The summed E-state index contributed by atoms with van der Waals surface area (Å²) >= 11 is 0. The number of carbonyl (C=O) groups excluding carboxylic acids is 1. The molecule has 1 N–H and O–H groups in total. The van der Waals surface area contributed by atoms with Crippen molar-refractivity contribution < 1.29 is 14.5 Å². The van der Waals surface area contributed by atoms with Crippen molar-refractivity contribution in [3.63, 3.8) is 0 Å². The summed E-state index contributed by atoms with van der Waals surface area (Å²) < 4.78 is 4.46. The molecule has 0 fully saturated rings. The summed E-state index contributed by atoms with van der Waals surface area (Å²) in [6.45, 7) is 3.44. The van der Waals surface area contributed by atoms with E-state index in [0.717, 1.165) is 11.1 Å². The maximum atomic E-state index is 11.0. The number of nitro groups is 1. The highest BCUT2D eigenvalue weighted by atomic mass is 16.6. The molecule has 0 aliphatic rings. The van der Waals surface area contributed by atoms with Crippen LogP contribution in [0.3, 0.4) is 0 Å². The van der Waals surface area contributed by atoms with Crippen molar-refractivity contribution in [3.05, 3.63) is 33.4 Å². The van der Waals surface area contributed by atoms with Crippen LogP contribution in [-0.2, 0) is 9.53 Å². The van der Waals surface area contributed by atoms with E-state index in [-0.39, 0.29) is 12.2 Å². The number of hydrogen-bond acceptors (Lipinski definition) is 5. The van der Waals surface area contributed by atoms with E-state index in [1.54, 1.807) is 13.8 Å². The van der Waals surface area contributed by atoms with Crippen molar-refractivity contribution in [2.45, 2.75) is 13.8 Å². The summed E-state index contributed by atoms with van der Waals surface area (Å²) in [5.41, 5.74) is 1.84. The van der Waals surface area contributed by atoms with Crippen molar-refractivity contribution in [2.24, 2.45) is 0 Å². The molecule has 0 aliphatic carbocycles. The molecule has 0 amide bonds. The first kappa shape index (κ1) is 13.0. The van der Waals surface area contributed by atoms with Crippen LogP contribution in [0.4, 0.5) is 11.4 Å². The van der Waals surface area contributed by atoms with E-state index >= 15 is 0 Å². The van der Waals surface area contributed by atoms with Gasteiger partial charge in [-0.05, 0) is 25.0 Å². The van der Waals surface area contributed by atoms with Gasteiger partial charge in [0.25, 0.3) is 5.69 Å². The second-order valence-electron chi connectivity index (χ2n) is 3.66. The second-order valence-corrected chi connectivity index (χ2v) is 3.66. The third-order valence-electron chi connectivity index (χ3n) is 2.29. The number of nitro benzene ring substituents is 1. The molecular weight excluding hydrogens is 224 g/mol. The Hall–Kier alpha value is -2.11. The van der Waals surface area contributed by atoms with Crippen LogP contribution in [0, 0.1) is 24.0 Å². The van der Waals surface area contributed by atoms with Crippen LogP contribution >= 0.6 is 0 Å². The first-order valence-corrected chi connectivity index (χ1v) is 5.02. The fourth-order valence-electron chi connectivity index (χ4n) is 1.55. The third kappa shape index (κ3) is 3.17. The van der Waals surface area contributed by atoms with Crippen LogP contribution in [0.1, 0.15) is 11.1 Å². The number of carbonyl (C=O) groups is 1. The molecule has 0 radical (unpaired) electrons. The van der Waals surface area contributed by atoms with E-state index in [2.05, 4.69) is 10.1 Å². The molecule has 0 saturated carbocycles. The zero-order valence-corrected chi connectivity index (χ0v) is 9.94. The predicted molar refractivity (Wildman–Crippen MR) is 63.1 cm³/mol. The highest BCUT2D eigenvalue weighted by Gasteiger charge is 2.17. The Kier molecular flexibility index (Phi) is 4.03. The molecule has 0 unspecified atom stereocenters. The Morgan fingerprint density at radius 2 is 2.12 bits per heavy atom. The average molecular weight is 238 g/mol. The maximum absolute atomic E-state index is 11.0. The van der Waals surface area contributed by atoms with Crippen molar-refractivity contribution in [3.8, 4) is 0 Å². The van der Waals surface area contributed by atoms with Gasteiger partial charge in [-0.15, -0.1) is 0 Å². The molecule has 1 rings (SSSR count). The Morgan fingerprint density at radius 3 is 2.65 bits per heavy atom. The molecule has 1 aromatic carbocycles. The van der Waals surface area contributed by atoms with Gasteiger partial charge in [-0.2, -0.15) is 0 Å². The minimum atomic E-state index is -0.473. The summed E-state index contributed by atoms with van der Waals surface area (Å²) in [5.74, 6) is -0.473. The zero-order valence-electron chi connectivity index (χ0n) is 9.94. The standard InChI is InChI=1S/C11H14N2O4/c1-7-4-8(2)11(9(5-7)13(15)16)12-6-10(14)17-3/h4-5,12H,6H2,1-3H3. The topological polar surface area (TPSA) is 81.5 Å². The highest BCUT2D eigenvalue weighted by Crippen LogP contribution is 2.29. The number of hydrogen-bond donors (Lipinski definition) is 1. The number of methoxy groups -OCH3 is 1. The van der Waals surface area contributed by atoms with Gasteiger partial charge in [0.2, 0.25) is 0 Å². The van der Waals surface area contributed by atoms with E-state index in [1.807, 2.05) is 6.07 Å². The third-order valence-corrected chi connectivity index (χ3v) is 2.29. The van der Waals surface area contributed by atoms with Crippen molar-refractivity contribution >= 4 is 17.3 Å². The van der Waals surface area contributed by atoms with E-state index in [9.17, 15) is 14.9 Å². The number of benzene rings is 1. The molecule has 1 aromatic rings. The van der Waals surface area contributed by atoms with Gasteiger partial charge in [-0.3, -0.25) is 14.9 Å². The first-order valence-electron chi connectivity index (χ1n) is 5.02. The van der Waals surface area contributed by atoms with Gasteiger partial charge in [0, 0.05) is 6.07 Å². The average Bonchev–Trinajstić information content (AvgIpc) is 2.26. The van der Waals surface area contributed by atoms with Crippen molar-refractivity contribution in [2.75, 3.05) is 19.0 Å². The van der Waals surface area contributed by atoms with Crippen LogP contribution in [0.2, 0.25) is 0 Å². The lowest BCUT2D eigenvalue weighted by atomic mass is 10.1. The number of rotatable bonds is 4. The molecular formula is C11H14N2O4. The van der Waals surface area contributed by atoms with Crippen LogP contribution in [0.25, 0.3) is 0 Å². The molecule has 6 nitrogen and oxygen atoms in total. The molecule has 0 spiro atoms. The smallest absolute Gasteiger partial charge is 0.325 e. The van der Waals surface area contributed by atoms with Gasteiger partial charge in [0.15, 0.2) is 0 Å². The van der Waals surface area contributed by atoms with Crippen LogP contribution in [0.15, 0.2) is 12.1 Å². The fraction of sp³-hybridized carbons (Fsp3) is 0.364. The van der Waals surface area contributed by atoms with Gasteiger partial charge in [0.1, 0.15) is 12.2 Å². The second kappa shape index (κ2) is 5.29. The Labute approximate surface area is 98.7 Å². The molecule has 17 heavy (non-hydrogen) atoms. The summed E-state index contributed by atoms with van der Waals surface area (Å²) in [6.07, 6.45) is 0. The number of nitrogens with zero attached hydrogens (tertiary/aromatic N) is 1. The Bertz CT molecular complexity index is 457. The summed E-state index contributed by atoms with van der Waals surface area (Å²) in [7, 11) is 1.26. The van der Waals surface area contributed by atoms with Gasteiger partial charge in [0.05, 0.1) is 12.0 Å². The maximum Gasteiger partial charge on any atom is 0.325 e. The lowest BCUT2D eigenvalue weighted by Crippen LogP contribution is -2.16. The van der Waals surface area contributed by atoms with Crippen molar-refractivity contribution in [1.82, 2.24) is 0 Å². The zero-order chi connectivity index (χ0) is 13.0. The van der Waals surface area contributed by atoms with Gasteiger partial charge in [-0.25, -0.2) is 0 Å². The van der Waals surface area contributed by atoms with E-state index < -0.39 is 10.9 Å². The Balaban J connectivity index is 3.04. The number of esters is 1. The SMILES string of the molecule is COC(=O)CNc1c(C)cc(C)cc1[N+](=O)[O-]. The van der Waals surface area contributed by atoms with Gasteiger partial charge >= 0.3 is 5.97 Å². The molecule has 6 heteroatoms. The van der Waals surface area contributed by atoms with Crippen LogP contribution < -0.4 is 5.32 Å². The molecule has 92 valence electrons. The largest absolute Gasteiger partial charge is 0.468 e. The monoisotopic (exact) mass is 238 g/mol. The minimum absolute atomic E-state index is 0.0357. The molecule has 0 aromatic heterocycles. The van der Waals surface area contributed by atoms with Crippen LogP contribution in [0.5, 0.6) is 0 Å². The van der Waals surface area contributed by atoms with Crippen LogP contribution in [-0.4, -0.2) is 24.5 Å². The molecule has 0 heterocycles. The number of anilines is 1. The normalized spacial score (nSPS) is 9.82. The van der Waals surface area contributed by atoms with E-state index in [4.69, 9.17) is 0 Å². The summed E-state index contributed by atoms with van der Waals surface area (Å²) in [6, 6.07) is 3.28. The predicted octanol–water partition coefficient (Wildman–Crippen LogP) is 1.80. The number of nitrogens with one attached hydrogen (secondary N) is 1. The Morgan fingerprint density at radius 1 is 1.47 bits per heavy atom. The highest BCUT2D eigenvalue weighted by molar-refractivity contribution is 5.77. The van der Waals surface area contributed by atoms with E-state index in [1.165, 1.54) is 13.2 Å². The van der Waals surface area contributed by atoms with E-state index in [0.29, 0.717) is 5.69 Å². The fourth-order valence-corrected chi connectivity index (χ4v) is 1.55. The molecule has 0 saturated heterocycles. The molecule has 0 aliphatic heterocycles. The van der Waals surface area contributed by atoms with Gasteiger partial charge < -0.3 is 10.1 Å². The first-order chi connectivity index (χ1) is 7.95. The van der Waals surface area contributed by atoms with Crippen molar-refractivity contribution in [1.29, 1.82) is 0 Å². The quantitative estimate of drug-likeness (QED) is 0.491. The van der Waals surface area contributed by atoms with Gasteiger partial charge in [-0.1, -0.05) is 6.07 Å². The number of aryl methyl sites for hydroxylation is 2.